The van der Waals surface area contributed by atoms with Gasteiger partial charge in [0.2, 0.25) is 0 Å². The maximum atomic E-state index is 10.5. The van der Waals surface area contributed by atoms with E-state index in [4.69, 9.17) is 5.11 Å². The molecule has 0 aliphatic heterocycles. The molecule has 0 fully saturated rings. The van der Waals surface area contributed by atoms with E-state index in [1.807, 2.05) is 30.5 Å². The summed E-state index contributed by atoms with van der Waals surface area (Å²) in [7, 11) is 0. The van der Waals surface area contributed by atoms with Crippen molar-refractivity contribution in [2.75, 3.05) is 5.32 Å². The summed E-state index contributed by atoms with van der Waals surface area (Å²) in [6.45, 7) is 0.585. The fourth-order valence-corrected chi connectivity index (χ4v) is 1.54. The molecule has 0 aliphatic carbocycles. The van der Waals surface area contributed by atoms with Crippen molar-refractivity contribution in [2.45, 2.75) is 6.54 Å². The SMILES string of the molecule is O=C(O)C=Cc1ccccc1NCc1c[nH]cn1. The number of rotatable bonds is 5. The molecule has 1 aromatic carbocycles. The summed E-state index contributed by atoms with van der Waals surface area (Å²) < 4.78 is 0. The summed E-state index contributed by atoms with van der Waals surface area (Å²) in [6, 6.07) is 7.51. The summed E-state index contributed by atoms with van der Waals surface area (Å²) >= 11 is 0. The zero-order valence-corrected chi connectivity index (χ0v) is 9.63. The molecule has 3 N–H and O–H groups in total. The molecule has 1 aromatic heterocycles. The molecule has 5 nitrogen and oxygen atoms in total. The second-order valence-corrected chi connectivity index (χ2v) is 3.67. The number of hydrogen-bond acceptors (Lipinski definition) is 3. The Kier molecular flexibility index (Phi) is 3.76. The van der Waals surface area contributed by atoms with Gasteiger partial charge < -0.3 is 15.4 Å². The highest BCUT2D eigenvalue weighted by Crippen LogP contribution is 2.17. The molecule has 0 radical (unpaired) electrons. The normalized spacial score (nSPS) is 10.7. The second kappa shape index (κ2) is 5.67. The summed E-state index contributed by atoms with van der Waals surface area (Å²) in [4.78, 5) is 17.5. The summed E-state index contributed by atoms with van der Waals surface area (Å²) in [5.74, 6) is -0.961. The molecule has 0 atom stereocenters. The van der Waals surface area contributed by atoms with Crippen LogP contribution in [0.2, 0.25) is 0 Å². The van der Waals surface area contributed by atoms with Gasteiger partial charge in [0.05, 0.1) is 18.6 Å². The van der Waals surface area contributed by atoms with Crippen LogP contribution in [0.15, 0.2) is 42.9 Å². The Morgan fingerprint density at radius 2 is 2.28 bits per heavy atom. The van der Waals surface area contributed by atoms with Crippen LogP contribution in [0.25, 0.3) is 6.08 Å². The van der Waals surface area contributed by atoms with Crippen molar-refractivity contribution in [3.63, 3.8) is 0 Å². The molecule has 0 aliphatic rings. The quantitative estimate of drug-likeness (QED) is 0.703. The number of carboxylic acid groups (broad SMARTS) is 1. The van der Waals surface area contributed by atoms with E-state index in [1.165, 1.54) is 0 Å². The van der Waals surface area contributed by atoms with Gasteiger partial charge in [-0.25, -0.2) is 9.78 Å². The maximum Gasteiger partial charge on any atom is 0.328 e. The van der Waals surface area contributed by atoms with Gasteiger partial charge in [-0.2, -0.15) is 0 Å². The van der Waals surface area contributed by atoms with Crippen LogP contribution >= 0.6 is 0 Å². The lowest BCUT2D eigenvalue weighted by Gasteiger charge is -2.07. The Morgan fingerprint density at radius 1 is 1.44 bits per heavy atom. The van der Waals surface area contributed by atoms with Gasteiger partial charge in [-0.1, -0.05) is 18.2 Å². The smallest absolute Gasteiger partial charge is 0.328 e. The molecule has 0 spiro atoms. The standard InChI is InChI=1S/C13H13N3O2/c17-13(18)6-5-10-3-1-2-4-12(10)15-8-11-7-14-9-16-11/h1-7,9,15H,8H2,(H,14,16)(H,17,18). The van der Waals surface area contributed by atoms with Crippen LogP contribution in [-0.2, 0) is 11.3 Å². The monoisotopic (exact) mass is 243 g/mol. The lowest BCUT2D eigenvalue weighted by atomic mass is 10.1. The highest BCUT2D eigenvalue weighted by Gasteiger charge is 2.00. The number of aliphatic carboxylic acids is 1. The van der Waals surface area contributed by atoms with Crippen molar-refractivity contribution in [3.05, 3.63) is 54.1 Å². The lowest BCUT2D eigenvalue weighted by molar-refractivity contribution is -0.131. The van der Waals surface area contributed by atoms with Crippen molar-refractivity contribution in [1.29, 1.82) is 0 Å². The first-order chi connectivity index (χ1) is 8.75. The van der Waals surface area contributed by atoms with Gasteiger partial charge in [0.1, 0.15) is 0 Å². The van der Waals surface area contributed by atoms with E-state index in [1.54, 1.807) is 12.4 Å². The Morgan fingerprint density at radius 3 is 3.00 bits per heavy atom. The highest BCUT2D eigenvalue weighted by atomic mass is 16.4. The summed E-state index contributed by atoms with van der Waals surface area (Å²) in [5, 5.41) is 11.8. The lowest BCUT2D eigenvalue weighted by Crippen LogP contribution is -2.01. The molecule has 2 rings (SSSR count). The number of imidazole rings is 1. The average Bonchev–Trinajstić information content (AvgIpc) is 2.88. The third-order valence-electron chi connectivity index (χ3n) is 2.38. The van der Waals surface area contributed by atoms with E-state index in [0.717, 1.165) is 23.0 Å². The Bertz CT molecular complexity index is 547. The van der Waals surface area contributed by atoms with E-state index in [2.05, 4.69) is 15.3 Å². The molecule has 0 saturated carbocycles. The summed E-state index contributed by atoms with van der Waals surface area (Å²) in [5.41, 5.74) is 2.60. The minimum absolute atomic E-state index is 0.585. The molecular weight excluding hydrogens is 230 g/mol. The zero-order valence-electron chi connectivity index (χ0n) is 9.63. The average molecular weight is 243 g/mol. The fraction of sp³-hybridized carbons (Fsp3) is 0.0769. The third kappa shape index (κ3) is 3.21. The number of hydrogen-bond donors (Lipinski definition) is 3. The third-order valence-corrected chi connectivity index (χ3v) is 2.38. The van der Waals surface area contributed by atoms with Crippen LogP contribution in [0.1, 0.15) is 11.3 Å². The Balaban J connectivity index is 2.09. The van der Waals surface area contributed by atoms with Gasteiger partial charge in [-0.3, -0.25) is 0 Å². The highest BCUT2D eigenvalue weighted by molar-refractivity contribution is 5.86. The number of anilines is 1. The van der Waals surface area contributed by atoms with Crippen LogP contribution in [0.4, 0.5) is 5.69 Å². The molecule has 0 bridgehead atoms. The van der Waals surface area contributed by atoms with Crippen LogP contribution in [0.5, 0.6) is 0 Å². The van der Waals surface area contributed by atoms with E-state index < -0.39 is 5.97 Å². The molecule has 92 valence electrons. The number of carbonyl (C=O) groups is 1. The second-order valence-electron chi connectivity index (χ2n) is 3.67. The molecule has 2 aromatic rings. The number of aromatic nitrogens is 2. The van der Waals surface area contributed by atoms with E-state index in [0.29, 0.717) is 6.54 Å². The van der Waals surface area contributed by atoms with Crippen molar-refractivity contribution < 1.29 is 9.90 Å². The molecular formula is C13H13N3O2. The fourth-order valence-electron chi connectivity index (χ4n) is 1.54. The first-order valence-corrected chi connectivity index (χ1v) is 5.47. The molecule has 0 amide bonds. The van der Waals surface area contributed by atoms with Gasteiger partial charge in [-0.05, 0) is 17.7 Å². The van der Waals surface area contributed by atoms with Crippen molar-refractivity contribution in [1.82, 2.24) is 9.97 Å². The molecule has 18 heavy (non-hydrogen) atoms. The number of carboxylic acids is 1. The topological polar surface area (TPSA) is 78.0 Å². The van der Waals surface area contributed by atoms with Crippen LogP contribution in [0.3, 0.4) is 0 Å². The summed E-state index contributed by atoms with van der Waals surface area (Å²) in [6.07, 6.45) is 6.11. The van der Waals surface area contributed by atoms with Gasteiger partial charge in [0.15, 0.2) is 0 Å². The van der Waals surface area contributed by atoms with Crippen molar-refractivity contribution in [3.8, 4) is 0 Å². The van der Waals surface area contributed by atoms with Crippen LogP contribution < -0.4 is 5.32 Å². The van der Waals surface area contributed by atoms with E-state index in [9.17, 15) is 4.79 Å². The maximum absolute atomic E-state index is 10.5. The van der Waals surface area contributed by atoms with Crippen LogP contribution in [-0.4, -0.2) is 21.0 Å². The van der Waals surface area contributed by atoms with E-state index >= 15 is 0 Å². The Labute approximate surface area is 104 Å². The predicted molar refractivity (Wildman–Crippen MR) is 69.0 cm³/mol. The number of para-hydroxylation sites is 1. The van der Waals surface area contributed by atoms with Crippen LogP contribution in [0, 0.1) is 0 Å². The van der Waals surface area contributed by atoms with Crippen molar-refractivity contribution >= 4 is 17.7 Å². The molecule has 0 saturated heterocycles. The van der Waals surface area contributed by atoms with Crippen molar-refractivity contribution in [2.24, 2.45) is 0 Å². The number of nitrogens with zero attached hydrogens (tertiary/aromatic N) is 1. The van der Waals surface area contributed by atoms with Gasteiger partial charge in [0.25, 0.3) is 0 Å². The Hall–Kier alpha value is -2.56. The first kappa shape index (κ1) is 11.9. The van der Waals surface area contributed by atoms with Gasteiger partial charge >= 0.3 is 5.97 Å². The predicted octanol–water partition coefficient (Wildman–Crippen LogP) is 2.12. The van der Waals surface area contributed by atoms with Gasteiger partial charge in [0, 0.05) is 18.0 Å². The molecule has 5 heteroatoms. The minimum atomic E-state index is -0.961. The van der Waals surface area contributed by atoms with E-state index in [-0.39, 0.29) is 0 Å². The molecule has 1 heterocycles. The minimum Gasteiger partial charge on any atom is -0.478 e. The number of aromatic amines is 1. The number of H-pyrrole nitrogens is 1. The molecule has 0 unspecified atom stereocenters. The number of nitrogens with one attached hydrogen (secondary N) is 2. The largest absolute Gasteiger partial charge is 0.478 e. The first-order valence-electron chi connectivity index (χ1n) is 5.47. The zero-order chi connectivity index (χ0) is 12.8. The van der Waals surface area contributed by atoms with Gasteiger partial charge in [-0.15, -0.1) is 0 Å². The number of benzene rings is 1.